The summed E-state index contributed by atoms with van der Waals surface area (Å²) in [6.45, 7) is 3.84. The zero-order chi connectivity index (χ0) is 14.2. The predicted octanol–water partition coefficient (Wildman–Crippen LogP) is 0.525. The van der Waals surface area contributed by atoms with Crippen LogP contribution in [0.4, 0.5) is 5.69 Å². The number of piperidine rings is 1. The van der Waals surface area contributed by atoms with E-state index in [1.165, 1.54) is 0 Å². The maximum atomic E-state index is 12.4. The second kappa shape index (κ2) is 5.11. The summed E-state index contributed by atoms with van der Waals surface area (Å²) in [7, 11) is -0.443. The van der Waals surface area contributed by atoms with E-state index in [4.69, 9.17) is 0 Å². The SMILES string of the molecule is CB(O)N1CCC2(CC1)C(=O)NCN2c1ccccc1. The maximum absolute atomic E-state index is 12.4. The molecule has 0 saturated carbocycles. The van der Waals surface area contributed by atoms with Crippen molar-refractivity contribution in [3.05, 3.63) is 30.3 Å². The second-order valence-corrected chi connectivity index (χ2v) is 5.63. The van der Waals surface area contributed by atoms with Gasteiger partial charge in [0, 0.05) is 5.69 Å². The van der Waals surface area contributed by atoms with Gasteiger partial charge in [0.15, 0.2) is 0 Å². The molecule has 1 aromatic carbocycles. The lowest BCUT2D eigenvalue weighted by Gasteiger charge is -2.43. The summed E-state index contributed by atoms with van der Waals surface area (Å²) in [5.74, 6) is 0.117. The Labute approximate surface area is 119 Å². The van der Waals surface area contributed by atoms with Crippen LogP contribution in [0, 0.1) is 0 Å². The Kier molecular flexibility index (Phi) is 3.44. The van der Waals surface area contributed by atoms with Crippen LogP contribution in [0.3, 0.4) is 0 Å². The molecule has 1 amide bonds. The van der Waals surface area contributed by atoms with Gasteiger partial charge < -0.3 is 20.1 Å². The van der Waals surface area contributed by atoms with Gasteiger partial charge in [0.1, 0.15) is 5.54 Å². The molecule has 2 aliphatic heterocycles. The number of anilines is 1. The number of rotatable bonds is 2. The largest absolute Gasteiger partial charge is 0.437 e. The van der Waals surface area contributed by atoms with Crippen LogP contribution in [-0.4, -0.2) is 48.1 Å². The van der Waals surface area contributed by atoms with E-state index < -0.39 is 12.6 Å². The molecule has 0 atom stereocenters. The Bertz CT molecular complexity index is 486. The first-order chi connectivity index (χ1) is 9.63. The van der Waals surface area contributed by atoms with E-state index in [0.717, 1.165) is 31.6 Å². The number of amides is 1. The van der Waals surface area contributed by atoms with E-state index in [2.05, 4.69) is 10.2 Å². The number of hydrogen-bond acceptors (Lipinski definition) is 4. The number of nitrogens with zero attached hydrogens (tertiary/aromatic N) is 2. The van der Waals surface area contributed by atoms with Crippen LogP contribution in [-0.2, 0) is 4.79 Å². The van der Waals surface area contributed by atoms with Gasteiger partial charge in [-0.2, -0.15) is 0 Å². The van der Waals surface area contributed by atoms with Crippen molar-refractivity contribution in [2.24, 2.45) is 0 Å². The number of benzene rings is 1. The summed E-state index contributed by atoms with van der Waals surface area (Å²) in [6.07, 6.45) is 1.50. The zero-order valence-corrected chi connectivity index (χ0v) is 11.7. The number of para-hydroxylation sites is 1. The zero-order valence-electron chi connectivity index (χ0n) is 11.7. The number of carbonyl (C=O) groups excluding carboxylic acids is 1. The lowest BCUT2D eigenvalue weighted by atomic mass is 9.77. The van der Waals surface area contributed by atoms with Crippen molar-refractivity contribution in [1.82, 2.24) is 10.1 Å². The van der Waals surface area contributed by atoms with Crippen LogP contribution >= 0.6 is 0 Å². The van der Waals surface area contributed by atoms with Gasteiger partial charge in [-0.25, -0.2) is 0 Å². The second-order valence-electron chi connectivity index (χ2n) is 5.63. The molecule has 0 aliphatic carbocycles. The molecule has 0 radical (unpaired) electrons. The minimum atomic E-state index is -0.452. The lowest BCUT2D eigenvalue weighted by molar-refractivity contribution is -0.124. The molecule has 2 saturated heterocycles. The van der Waals surface area contributed by atoms with E-state index in [9.17, 15) is 9.82 Å². The summed E-state index contributed by atoms with van der Waals surface area (Å²) in [5, 5.41) is 12.6. The van der Waals surface area contributed by atoms with Crippen molar-refractivity contribution < 1.29 is 9.82 Å². The molecule has 5 nitrogen and oxygen atoms in total. The molecule has 3 rings (SSSR count). The molecule has 2 aliphatic rings. The van der Waals surface area contributed by atoms with Crippen LogP contribution < -0.4 is 10.2 Å². The fourth-order valence-corrected chi connectivity index (χ4v) is 3.30. The van der Waals surface area contributed by atoms with Gasteiger partial charge in [0.25, 0.3) is 0 Å². The van der Waals surface area contributed by atoms with Crippen LogP contribution in [0.5, 0.6) is 0 Å². The normalized spacial score (nSPS) is 22.1. The number of carbonyl (C=O) groups is 1. The maximum Gasteiger partial charge on any atom is 0.376 e. The topological polar surface area (TPSA) is 55.8 Å². The molecule has 2 N–H and O–H groups in total. The van der Waals surface area contributed by atoms with Crippen LogP contribution in [0.2, 0.25) is 6.82 Å². The minimum absolute atomic E-state index is 0.117. The highest BCUT2D eigenvalue weighted by atomic mass is 16.2. The quantitative estimate of drug-likeness (QED) is 0.772. The molecule has 2 fully saturated rings. The van der Waals surface area contributed by atoms with Gasteiger partial charge in [0.2, 0.25) is 5.91 Å². The molecule has 1 spiro atoms. The van der Waals surface area contributed by atoms with Crippen LogP contribution in [0.1, 0.15) is 12.8 Å². The third-order valence-corrected chi connectivity index (χ3v) is 4.56. The van der Waals surface area contributed by atoms with Crippen molar-refractivity contribution in [3.8, 4) is 0 Å². The highest BCUT2D eigenvalue weighted by molar-refractivity contribution is 6.45. The fourth-order valence-electron chi connectivity index (χ4n) is 3.30. The van der Waals surface area contributed by atoms with E-state index in [0.29, 0.717) is 6.67 Å². The summed E-state index contributed by atoms with van der Waals surface area (Å²) < 4.78 is 0. The van der Waals surface area contributed by atoms with E-state index in [-0.39, 0.29) is 5.91 Å². The van der Waals surface area contributed by atoms with E-state index in [1.54, 1.807) is 6.82 Å². The van der Waals surface area contributed by atoms with Crippen molar-refractivity contribution in [3.63, 3.8) is 0 Å². The predicted molar refractivity (Wildman–Crippen MR) is 79.3 cm³/mol. The Morgan fingerprint density at radius 1 is 1.25 bits per heavy atom. The molecular weight excluding hydrogens is 253 g/mol. The van der Waals surface area contributed by atoms with Crippen molar-refractivity contribution in [1.29, 1.82) is 0 Å². The minimum Gasteiger partial charge on any atom is -0.437 e. The van der Waals surface area contributed by atoms with Crippen LogP contribution in [0.15, 0.2) is 30.3 Å². The van der Waals surface area contributed by atoms with Gasteiger partial charge >= 0.3 is 7.05 Å². The molecule has 0 unspecified atom stereocenters. The highest BCUT2D eigenvalue weighted by Crippen LogP contribution is 2.36. The number of hydrogen-bond donors (Lipinski definition) is 2. The van der Waals surface area contributed by atoms with Crippen molar-refractivity contribution in [2.75, 3.05) is 24.7 Å². The average molecular weight is 273 g/mol. The highest BCUT2D eigenvalue weighted by Gasteiger charge is 2.50. The van der Waals surface area contributed by atoms with Gasteiger partial charge in [-0.15, -0.1) is 0 Å². The summed E-state index contributed by atoms with van der Waals surface area (Å²) in [4.78, 5) is 16.6. The van der Waals surface area contributed by atoms with E-state index in [1.807, 2.05) is 35.1 Å². The van der Waals surface area contributed by atoms with Gasteiger partial charge in [-0.05, 0) is 44.9 Å². The first kappa shape index (κ1) is 13.5. The van der Waals surface area contributed by atoms with Gasteiger partial charge in [0.05, 0.1) is 6.67 Å². The Morgan fingerprint density at radius 2 is 1.90 bits per heavy atom. The standard InChI is InChI=1S/C14H20BN3O2/c1-15(20)17-9-7-14(8-10-17)13(19)16-11-18(14)12-5-3-2-4-6-12/h2-6,20H,7-11H2,1H3,(H,16,19). The third-order valence-electron chi connectivity index (χ3n) is 4.56. The Balaban J connectivity index is 1.85. The summed E-state index contributed by atoms with van der Waals surface area (Å²) in [5.41, 5.74) is 0.628. The van der Waals surface area contributed by atoms with E-state index >= 15 is 0 Å². The molecule has 1 aromatic rings. The number of nitrogens with one attached hydrogen (secondary N) is 1. The van der Waals surface area contributed by atoms with Gasteiger partial charge in [-0.1, -0.05) is 18.2 Å². The lowest BCUT2D eigenvalue weighted by Crippen LogP contribution is -2.58. The molecule has 6 heteroatoms. The smallest absolute Gasteiger partial charge is 0.376 e. The Hall–Kier alpha value is -1.53. The average Bonchev–Trinajstić information content (AvgIpc) is 2.78. The first-order valence-corrected chi connectivity index (χ1v) is 7.17. The molecule has 20 heavy (non-hydrogen) atoms. The molecular formula is C14H20BN3O2. The van der Waals surface area contributed by atoms with Gasteiger partial charge in [-0.3, -0.25) is 4.79 Å². The molecule has 106 valence electrons. The van der Waals surface area contributed by atoms with Crippen molar-refractivity contribution in [2.45, 2.75) is 25.2 Å². The molecule has 2 heterocycles. The summed E-state index contributed by atoms with van der Waals surface area (Å²) in [6, 6.07) is 10.1. The monoisotopic (exact) mass is 273 g/mol. The van der Waals surface area contributed by atoms with Crippen LogP contribution in [0.25, 0.3) is 0 Å². The summed E-state index contributed by atoms with van der Waals surface area (Å²) >= 11 is 0. The third kappa shape index (κ3) is 2.09. The van der Waals surface area contributed by atoms with Crippen molar-refractivity contribution >= 4 is 18.6 Å². The Morgan fingerprint density at radius 3 is 2.50 bits per heavy atom. The molecule has 0 bridgehead atoms. The fraction of sp³-hybridized carbons (Fsp3) is 0.500. The molecule has 0 aromatic heterocycles. The first-order valence-electron chi connectivity index (χ1n) is 7.17.